The van der Waals surface area contributed by atoms with Crippen LogP contribution in [0.15, 0.2) is 35.7 Å². The predicted octanol–water partition coefficient (Wildman–Crippen LogP) is 1.16. The molecule has 0 amide bonds. The van der Waals surface area contributed by atoms with Crippen LogP contribution >= 0.6 is 0 Å². The Kier molecular flexibility index (Phi) is 3.86. The normalized spacial score (nSPS) is 11.0. The molecule has 0 bridgehead atoms. The highest BCUT2D eigenvalue weighted by atomic mass is 32.2. The van der Waals surface area contributed by atoms with Crippen LogP contribution in [0.25, 0.3) is 0 Å². The van der Waals surface area contributed by atoms with E-state index in [9.17, 15) is 8.42 Å². The fraction of sp³-hybridized carbons (Fsp3) is 0.231. The van der Waals surface area contributed by atoms with Crippen LogP contribution in [0.3, 0.4) is 0 Å². The monoisotopic (exact) mass is 305 g/mol. The molecule has 8 heteroatoms. The van der Waals surface area contributed by atoms with E-state index in [0.717, 1.165) is 5.69 Å². The van der Waals surface area contributed by atoms with Crippen LogP contribution in [0, 0.1) is 11.3 Å². The molecule has 1 heterocycles. The van der Waals surface area contributed by atoms with Crippen molar-refractivity contribution in [1.29, 1.82) is 5.26 Å². The Hall–Kier alpha value is -2.53. The number of nitrogens with zero attached hydrogens (tertiary/aromatic N) is 4. The van der Waals surface area contributed by atoms with Crippen LogP contribution in [-0.2, 0) is 17.1 Å². The van der Waals surface area contributed by atoms with E-state index in [2.05, 4.69) is 9.71 Å². The number of aryl methyl sites for hydroxylation is 1. The molecule has 0 aliphatic carbocycles. The van der Waals surface area contributed by atoms with Crippen molar-refractivity contribution in [2.45, 2.75) is 5.03 Å². The van der Waals surface area contributed by atoms with E-state index in [0.29, 0.717) is 0 Å². The first kappa shape index (κ1) is 14.9. The van der Waals surface area contributed by atoms with Crippen molar-refractivity contribution >= 4 is 21.4 Å². The molecule has 1 aromatic heterocycles. The highest BCUT2D eigenvalue weighted by Crippen LogP contribution is 2.24. The van der Waals surface area contributed by atoms with Gasteiger partial charge in [0.15, 0.2) is 5.03 Å². The van der Waals surface area contributed by atoms with Crippen molar-refractivity contribution in [2.24, 2.45) is 7.05 Å². The minimum absolute atomic E-state index is 0.0934. The summed E-state index contributed by atoms with van der Waals surface area (Å²) in [5.74, 6) is 0. The molecular weight excluding hydrogens is 290 g/mol. The van der Waals surface area contributed by atoms with Crippen molar-refractivity contribution in [1.82, 2.24) is 9.55 Å². The van der Waals surface area contributed by atoms with E-state index < -0.39 is 10.0 Å². The lowest BCUT2D eigenvalue weighted by Crippen LogP contribution is -2.15. The van der Waals surface area contributed by atoms with Crippen LogP contribution in [0.1, 0.15) is 5.56 Å². The van der Waals surface area contributed by atoms with Crippen LogP contribution < -0.4 is 9.62 Å². The smallest absolute Gasteiger partial charge is 0.280 e. The van der Waals surface area contributed by atoms with Gasteiger partial charge < -0.3 is 9.47 Å². The number of sulfonamides is 1. The third-order valence-corrected chi connectivity index (χ3v) is 4.09. The van der Waals surface area contributed by atoms with E-state index in [1.165, 1.54) is 17.1 Å². The van der Waals surface area contributed by atoms with E-state index >= 15 is 0 Å². The molecule has 0 saturated heterocycles. The van der Waals surface area contributed by atoms with Crippen LogP contribution in [-0.4, -0.2) is 32.1 Å². The number of anilines is 2. The van der Waals surface area contributed by atoms with E-state index in [-0.39, 0.29) is 16.3 Å². The van der Waals surface area contributed by atoms with Crippen molar-refractivity contribution in [3.05, 3.63) is 36.3 Å². The Bertz CT molecular complexity index is 802. The molecule has 2 rings (SSSR count). The van der Waals surface area contributed by atoms with Crippen LogP contribution in [0.5, 0.6) is 0 Å². The topological polar surface area (TPSA) is 91.0 Å². The van der Waals surface area contributed by atoms with Crippen molar-refractivity contribution in [3.63, 3.8) is 0 Å². The fourth-order valence-corrected chi connectivity index (χ4v) is 2.77. The average Bonchev–Trinajstić information content (AvgIpc) is 2.85. The highest BCUT2D eigenvalue weighted by Gasteiger charge is 2.19. The summed E-state index contributed by atoms with van der Waals surface area (Å²) in [4.78, 5) is 5.63. The summed E-state index contributed by atoms with van der Waals surface area (Å²) >= 11 is 0. The molecule has 0 aliphatic rings. The van der Waals surface area contributed by atoms with Gasteiger partial charge in [0.2, 0.25) is 0 Å². The molecule has 21 heavy (non-hydrogen) atoms. The number of rotatable bonds is 4. The first-order chi connectivity index (χ1) is 9.83. The van der Waals surface area contributed by atoms with Gasteiger partial charge in [0, 0.05) is 33.0 Å². The molecule has 7 nitrogen and oxygen atoms in total. The molecule has 0 spiro atoms. The second-order valence-electron chi connectivity index (χ2n) is 4.72. The number of aromatic nitrogens is 2. The number of benzene rings is 1. The minimum Gasteiger partial charge on any atom is -0.378 e. The van der Waals surface area contributed by atoms with Gasteiger partial charge in [-0.25, -0.2) is 4.98 Å². The van der Waals surface area contributed by atoms with E-state index in [1.807, 2.05) is 25.1 Å². The number of hydrogen-bond donors (Lipinski definition) is 1. The van der Waals surface area contributed by atoms with Gasteiger partial charge in [-0.15, -0.1) is 0 Å². The molecule has 0 fully saturated rings. The summed E-state index contributed by atoms with van der Waals surface area (Å²) in [5, 5.41) is 9.01. The van der Waals surface area contributed by atoms with Crippen LogP contribution in [0.4, 0.5) is 11.4 Å². The molecule has 0 saturated carbocycles. The Morgan fingerprint density at radius 1 is 1.38 bits per heavy atom. The molecular formula is C13H15N5O2S. The highest BCUT2D eigenvalue weighted by molar-refractivity contribution is 7.92. The zero-order valence-electron chi connectivity index (χ0n) is 11.9. The third-order valence-electron chi connectivity index (χ3n) is 2.84. The molecule has 0 radical (unpaired) electrons. The van der Waals surface area contributed by atoms with Gasteiger partial charge in [-0.2, -0.15) is 13.7 Å². The zero-order valence-corrected chi connectivity index (χ0v) is 12.7. The summed E-state index contributed by atoms with van der Waals surface area (Å²) in [6.45, 7) is 0. The van der Waals surface area contributed by atoms with Crippen molar-refractivity contribution in [2.75, 3.05) is 23.7 Å². The number of nitriles is 1. The fourth-order valence-electron chi connectivity index (χ4n) is 1.72. The SMILES string of the molecule is CN(C)c1ccc(C#N)c(NS(=O)(=O)c2cn(C)cn2)c1. The van der Waals surface area contributed by atoms with Gasteiger partial charge in [0.1, 0.15) is 6.07 Å². The Morgan fingerprint density at radius 2 is 2.10 bits per heavy atom. The molecule has 1 aromatic carbocycles. The summed E-state index contributed by atoms with van der Waals surface area (Å²) in [6.07, 6.45) is 2.79. The van der Waals surface area contributed by atoms with E-state index in [1.54, 1.807) is 25.2 Å². The zero-order chi connectivity index (χ0) is 15.6. The van der Waals surface area contributed by atoms with Gasteiger partial charge >= 0.3 is 0 Å². The molecule has 1 N–H and O–H groups in total. The number of hydrogen-bond acceptors (Lipinski definition) is 5. The lowest BCUT2D eigenvalue weighted by atomic mass is 10.2. The number of imidazole rings is 1. The molecule has 110 valence electrons. The maximum Gasteiger partial charge on any atom is 0.280 e. The second-order valence-corrected chi connectivity index (χ2v) is 6.35. The lowest BCUT2D eigenvalue weighted by molar-refractivity contribution is 0.598. The standard InChI is InChI=1S/C13H15N5O2S/c1-17(2)11-5-4-10(7-14)12(6-11)16-21(19,20)13-8-18(3)9-15-13/h4-6,8-9,16H,1-3H3. The molecule has 0 unspecified atom stereocenters. The van der Waals surface area contributed by atoms with Crippen LogP contribution in [0.2, 0.25) is 0 Å². The first-order valence-corrected chi connectivity index (χ1v) is 7.54. The predicted molar refractivity (Wildman–Crippen MR) is 79.5 cm³/mol. The molecule has 0 atom stereocenters. The van der Waals surface area contributed by atoms with Gasteiger partial charge in [-0.1, -0.05) is 0 Å². The van der Waals surface area contributed by atoms with Crippen molar-refractivity contribution < 1.29 is 8.42 Å². The summed E-state index contributed by atoms with van der Waals surface area (Å²) in [7, 11) is 1.52. The largest absolute Gasteiger partial charge is 0.378 e. The molecule has 2 aromatic rings. The second kappa shape index (κ2) is 5.46. The Morgan fingerprint density at radius 3 is 2.62 bits per heavy atom. The Labute approximate surface area is 123 Å². The number of nitrogens with one attached hydrogen (secondary N) is 1. The lowest BCUT2D eigenvalue weighted by Gasteiger charge is -2.15. The van der Waals surface area contributed by atoms with Gasteiger partial charge in [0.25, 0.3) is 10.0 Å². The van der Waals surface area contributed by atoms with Gasteiger partial charge in [-0.3, -0.25) is 4.72 Å². The van der Waals surface area contributed by atoms with Gasteiger partial charge in [0.05, 0.1) is 17.6 Å². The maximum atomic E-state index is 12.3. The van der Waals surface area contributed by atoms with Crippen molar-refractivity contribution in [3.8, 4) is 6.07 Å². The summed E-state index contributed by atoms with van der Waals surface area (Å²) in [6, 6.07) is 6.90. The quantitative estimate of drug-likeness (QED) is 0.915. The summed E-state index contributed by atoms with van der Waals surface area (Å²) in [5.41, 5.74) is 1.27. The Balaban J connectivity index is 2.43. The van der Waals surface area contributed by atoms with E-state index in [4.69, 9.17) is 5.26 Å². The maximum absolute atomic E-state index is 12.3. The average molecular weight is 305 g/mol. The first-order valence-electron chi connectivity index (χ1n) is 6.06. The summed E-state index contributed by atoms with van der Waals surface area (Å²) < 4.78 is 28.5. The molecule has 0 aliphatic heterocycles. The minimum atomic E-state index is -3.82. The third kappa shape index (κ3) is 3.14. The van der Waals surface area contributed by atoms with Gasteiger partial charge in [-0.05, 0) is 18.2 Å².